The summed E-state index contributed by atoms with van der Waals surface area (Å²) in [5.74, 6) is 0. The highest BCUT2D eigenvalue weighted by Crippen LogP contribution is 2.15. The lowest BCUT2D eigenvalue weighted by Crippen LogP contribution is -2.29. The van der Waals surface area contributed by atoms with Crippen molar-refractivity contribution < 1.29 is 0 Å². The molecule has 1 heterocycles. The van der Waals surface area contributed by atoms with Crippen LogP contribution >= 0.6 is 0 Å². The minimum atomic E-state index is 0.788. The summed E-state index contributed by atoms with van der Waals surface area (Å²) in [6.45, 7) is 5.44. The second-order valence-corrected chi connectivity index (χ2v) is 5.46. The fourth-order valence-corrected chi connectivity index (χ4v) is 2.61. The zero-order valence-electron chi connectivity index (χ0n) is 11.9. The first kappa shape index (κ1) is 14.4. The molecule has 1 aliphatic heterocycles. The van der Waals surface area contributed by atoms with Crippen LogP contribution < -0.4 is 11.1 Å². The Hall–Kier alpha value is -1.06. The summed E-state index contributed by atoms with van der Waals surface area (Å²) in [5.41, 5.74) is 8.13. The number of piperidine rings is 1. The lowest BCUT2D eigenvalue weighted by molar-refractivity contribution is 0.221. The third-order valence-corrected chi connectivity index (χ3v) is 3.77. The number of hydrogen-bond donors (Lipinski definition) is 2. The molecule has 3 N–H and O–H groups in total. The molecule has 3 nitrogen and oxygen atoms in total. The van der Waals surface area contributed by atoms with Crippen LogP contribution in [0.2, 0.25) is 0 Å². The predicted octanol–water partition coefficient (Wildman–Crippen LogP) is 2.82. The van der Waals surface area contributed by atoms with Gasteiger partial charge in [0.25, 0.3) is 0 Å². The van der Waals surface area contributed by atoms with Crippen molar-refractivity contribution in [3.63, 3.8) is 0 Å². The molecular formula is C16H27N3. The summed E-state index contributed by atoms with van der Waals surface area (Å²) in [6, 6.07) is 8.89. The van der Waals surface area contributed by atoms with Gasteiger partial charge in [-0.1, -0.05) is 18.6 Å². The summed E-state index contributed by atoms with van der Waals surface area (Å²) in [4.78, 5) is 2.56. The first-order valence-electron chi connectivity index (χ1n) is 7.64. The number of nitrogens with one attached hydrogen (secondary N) is 1. The molecule has 106 valence electrons. The van der Waals surface area contributed by atoms with Gasteiger partial charge in [-0.25, -0.2) is 0 Å². The molecule has 3 heteroatoms. The first-order valence-corrected chi connectivity index (χ1v) is 7.64. The van der Waals surface area contributed by atoms with Crippen LogP contribution in [-0.2, 0) is 6.54 Å². The molecule has 0 aliphatic carbocycles. The van der Waals surface area contributed by atoms with E-state index in [9.17, 15) is 0 Å². The lowest BCUT2D eigenvalue weighted by atomic mass is 10.1. The predicted molar refractivity (Wildman–Crippen MR) is 82.3 cm³/mol. The summed E-state index contributed by atoms with van der Waals surface area (Å²) >= 11 is 0. The molecule has 1 aliphatic rings. The molecule has 1 aromatic rings. The van der Waals surface area contributed by atoms with Crippen LogP contribution in [0.1, 0.15) is 37.7 Å². The maximum atomic E-state index is 5.48. The van der Waals surface area contributed by atoms with E-state index in [-0.39, 0.29) is 0 Å². The van der Waals surface area contributed by atoms with Crippen LogP contribution in [-0.4, -0.2) is 31.1 Å². The van der Waals surface area contributed by atoms with E-state index in [1.807, 2.05) is 0 Å². The summed E-state index contributed by atoms with van der Waals surface area (Å²) in [5, 5.41) is 3.44. The Labute approximate surface area is 117 Å². The molecule has 2 rings (SSSR count). The summed E-state index contributed by atoms with van der Waals surface area (Å²) < 4.78 is 0. The van der Waals surface area contributed by atoms with Crippen molar-refractivity contribution in [1.29, 1.82) is 0 Å². The van der Waals surface area contributed by atoms with Gasteiger partial charge in [0.1, 0.15) is 0 Å². The Balaban J connectivity index is 1.74. The normalized spacial score (nSPS) is 16.5. The van der Waals surface area contributed by atoms with Gasteiger partial charge in [0.05, 0.1) is 0 Å². The molecule has 0 aromatic heterocycles. The molecule has 0 saturated carbocycles. The molecule has 19 heavy (non-hydrogen) atoms. The van der Waals surface area contributed by atoms with Gasteiger partial charge in [0, 0.05) is 18.8 Å². The largest absolute Gasteiger partial charge is 0.385 e. The topological polar surface area (TPSA) is 41.3 Å². The fraction of sp³-hybridized carbons (Fsp3) is 0.625. The van der Waals surface area contributed by atoms with Crippen LogP contribution in [0, 0.1) is 0 Å². The van der Waals surface area contributed by atoms with Crippen molar-refractivity contribution in [2.24, 2.45) is 5.73 Å². The van der Waals surface area contributed by atoms with Gasteiger partial charge < -0.3 is 11.1 Å². The van der Waals surface area contributed by atoms with Gasteiger partial charge in [0.2, 0.25) is 0 Å². The molecule has 0 unspecified atom stereocenters. The Morgan fingerprint density at radius 3 is 2.42 bits per heavy atom. The second kappa shape index (κ2) is 8.18. The van der Waals surface area contributed by atoms with Gasteiger partial charge in [0.15, 0.2) is 0 Å². The molecule has 1 aromatic carbocycles. The maximum Gasteiger partial charge on any atom is 0.0340 e. The van der Waals surface area contributed by atoms with Gasteiger partial charge in [-0.05, 0) is 63.0 Å². The molecule has 0 bridgehead atoms. The molecule has 1 fully saturated rings. The van der Waals surface area contributed by atoms with Crippen molar-refractivity contribution in [2.75, 3.05) is 31.5 Å². The van der Waals surface area contributed by atoms with Crippen LogP contribution in [0.25, 0.3) is 0 Å². The number of benzene rings is 1. The smallest absolute Gasteiger partial charge is 0.0340 e. The Morgan fingerprint density at radius 2 is 1.74 bits per heavy atom. The third kappa shape index (κ3) is 5.21. The van der Waals surface area contributed by atoms with E-state index in [0.29, 0.717) is 0 Å². The Kier molecular flexibility index (Phi) is 6.18. The van der Waals surface area contributed by atoms with E-state index in [1.54, 1.807) is 0 Å². The van der Waals surface area contributed by atoms with Gasteiger partial charge in [-0.3, -0.25) is 4.90 Å². The minimum absolute atomic E-state index is 0.788. The number of nitrogens with two attached hydrogens (primary N) is 1. The molecule has 0 amide bonds. The minimum Gasteiger partial charge on any atom is -0.385 e. The zero-order chi connectivity index (χ0) is 13.3. The van der Waals surface area contributed by atoms with Crippen LogP contribution in [0.3, 0.4) is 0 Å². The number of nitrogens with zero attached hydrogens (tertiary/aromatic N) is 1. The van der Waals surface area contributed by atoms with E-state index in [2.05, 4.69) is 34.5 Å². The van der Waals surface area contributed by atoms with Gasteiger partial charge in [-0.15, -0.1) is 0 Å². The quantitative estimate of drug-likeness (QED) is 0.742. The Bertz CT molecular complexity index is 342. The highest BCUT2D eigenvalue weighted by atomic mass is 15.1. The monoisotopic (exact) mass is 261 g/mol. The van der Waals surface area contributed by atoms with Crippen molar-refractivity contribution in [1.82, 2.24) is 4.90 Å². The van der Waals surface area contributed by atoms with Crippen LogP contribution in [0.15, 0.2) is 24.3 Å². The highest BCUT2D eigenvalue weighted by Gasteiger charge is 2.09. The van der Waals surface area contributed by atoms with E-state index >= 15 is 0 Å². The number of rotatable bonds is 7. The van der Waals surface area contributed by atoms with Crippen molar-refractivity contribution >= 4 is 5.69 Å². The summed E-state index contributed by atoms with van der Waals surface area (Å²) in [7, 11) is 0. The SMILES string of the molecule is NCCCCNc1ccc(CN2CCCCC2)cc1. The number of hydrogen-bond acceptors (Lipinski definition) is 3. The van der Waals surface area contributed by atoms with Gasteiger partial charge >= 0.3 is 0 Å². The van der Waals surface area contributed by atoms with Crippen LogP contribution in [0.4, 0.5) is 5.69 Å². The molecule has 0 atom stereocenters. The first-order chi connectivity index (χ1) is 9.38. The summed E-state index contributed by atoms with van der Waals surface area (Å²) in [6.07, 6.45) is 6.37. The lowest BCUT2D eigenvalue weighted by Gasteiger charge is -2.26. The van der Waals surface area contributed by atoms with Crippen molar-refractivity contribution in [3.05, 3.63) is 29.8 Å². The van der Waals surface area contributed by atoms with E-state index < -0.39 is 0 Å². The maximum absolute atomic E-state index is 5.48. The van der Waals surface area contributed by atoms with Gasteiger partial charge in [-0.2, -0.15) is 0 Å². The third-order valence-electron chi connectivity index (χ3n) is 3.77. The molecule has 0 radical (unpaired) electrons. The number of anilines is 1. The van der Waals surface area contributed by atoms with E-state index in [4.69, 9.17) is 5.73 Å². The van der Waals surface area contributed by atoms with Crippen LogP contribution in [0.5, 0.6) is 0 Å². The average Bonchev–Trinajstić information content (AvgIpc) is 2.46. The molecule has 0 spiro atoms. The molecular weight excluding hydrogens is 234 g/mol. The van der Waals surface area contributed by atoms with Crippen molar-refractivity contribution in [3.8, 4) is 0 Å². The highest BCUT2D eigenvalue weighted by molar-refractivity contribution is 5.44. The van der Waals surface area contributed by atoms with Crippen molar-refractivity contribution in [2.45, 2.75) is 38.6 Å². The van der Waals surface area contributed by atoms with E-state index in [0.717, 1.165) is 32.5 Å². The molecule has 1 saturated heterocycles. The average molecular weight is 261 g/mol. The number of unbranched alkanes of at least 4 members (excludes halogenated alkanes) is 1. The zero-order valence-corrected chi connectivity index (χ0v) is 11.9. The van der Waals surface area contributed by atoms with E-state index in [1.165, 1.54) is 43.6 Å². The fourth-order valence-electron chi connectivity index (χ4n) is 2.61. The Morgan fingerprint density at radius 1 is 1.00 bits per heavy atom. The number of likely N-dealkylation sites (tertiary alicyclic amines) is 1. The second-order valence-electron chi connectivity index (χ2n) is 5.46. The standard InChI is InChI=1S/C16H27N3/c17-10-2-3-11-18-16-8-6-15(7-9-16)14-19-12-4-1-5-13-19/h6-9,18H,1-5,10-14,17H2.